The summed E-state index contributed by atoms with van der Waals surface area (Å²) in [6.07, 6.45) is 0. The maximum Gasteiger partial charge on any atom is 0.313 e. The van der Waals surface area contributed by atoms with Crippen molar-refractivity contribution in [3.63, 3.8) is 0 Å². The van der Waals surface area contributed by atoms with Crippen LogP contribution in [0.5, 0.6) is 5.75 Å². The summed E-state index contributed by atoms with van der Waals surface area (Å²) < 4.78 is 37.3. The number of amides is 1. The molecule has 5 nitrogen and oxygen atoms in total. The first kappa shape index (κ1) is 20.3. The standard InChI is InChI=1S/C22H19F2NO4/c1-13(14-6-7-16-11-17(28-2)9-8-15(16)10-14)22(27)29-12-20(26)25-21-18(23)4-3-5-19(21)24/h3-11,13H,12H2,1-2H3,(H,25,26)/t13-/m0/s1. The topological polar surface area (TPSA) is 64.6 Å². The van der Waals surface area contributed by atoms with Gasteiger partial charge in [-0.1, -0.05) is 30.3 Å². The van der Waals surface area contributed by atoms with Gasteiger partial charge in [0.15, 0.2) is 6.61 Å². The molecule has 3 aromatic carbocycles. The fourth-order valence-electron chi connectivity index (χ4n) is 2.83. The summed E-state index contributed by atoms with van der Waals surface area (Å²) in [5, 5.41) is 3.95. The van der Waals surface area contributed by atoms with Crippen LogP contribution < -0.4 is 10.1 Å². The van der Waals surface area contributed by atoms with Crippen LogP contribution in [-0.4, -0.2) is 25.6 Å². The number of fused-ring (bicyclic) bond motifs is 1. The minimum atomic E-state index is -0.911. The Balaban J connectivity index is 1.63. The molecule has 7 heteroatoms. The first-order chi connectivity index (χ1) is 13.9. The Bertz CT molecular complexity index is 1050. The lowest BCUT2D eigenvalue weighted by molar-refractivity contribution is -0.148. The molecule has 29 heavy (non-hydrogen) atoms. The Labute approximate surface area is 166 Å². The molecule has 0 spiro atoms. The molecule has 0 radical (unpaired) electrons. The van der Waals surface area contributed by atoms with Gasteiger partial charge in [-0.05, 0) is 47.5 Å². The van der Waals surface area contributed by atoms with E-state index in [1.165, 1.54) is 6.07 Å². The van der Waals surface area contributed by atoms with Crippen LogP contribution in [0.25, 0.3) is 10.8 Å². The molecule has 0 aliphatic carbocycles. The number of nitrogens with one attached hydrogen (secondary N) is 1. The zero-order chi connectivity index (χ0) is 21.0. The van der Waals surface area contributed by atoms with E-state index in [2.05, 4.69) is 5.32 Å². The Hall–Kier alpha value is -3.48. The van der Waals surface area contributed by atoms with Crippen LogP contribution in [0.4, 0.5) is 14.5 Å². The normalized spacial score (nSPS) is 11.7. The number of hydrogen-bond donors (Lipinski definition) is 1. The van der Waals surface area contributed by atoms with Gasteiger partial charge in [0.2, 0.25) is 0 Å². The highest BCUT2D eigenvalue weighted by Crippen LogP contribution is 2.26. The zero-order valence-electron chi connectivity index (χ0n) is 15.9. The lowest BCUT2D eigenvalue weighted by Gasteiger charge is -2.13. The maximum absolute atomic E-state index is 13.6. The minimum Gasteiger partial charge on any atom is -0.497 e. The highest BCUT2D eigenvalue weighted by Gasteiger charge is 2.19. The van der Waals surface area contributed by atoms with E-state index in [-0.39, 0.29) is 0 Å². The minimum absolute atomic E-state index is 0.577. The Kier molecular flexibility index (Phi) is 6.07. The average Bonchev–Trinajstić information content (AvgIpc) is 2.73. The molecule has 3 rings (SSSR count). The monoisotopic (exact) mass is 399 g/mol. The number of para-hydroxylation sites is 1. The van der Waals surface area contributed by atoms with Crippen molar-refractivity contribution in [3.8, 4) is 5.75 Å². The molecule has 0 saturated carbocycles. The van der Waals surface area contributed by atoms with Crippen molar-refractivity contribution in [1.29, 1.82) is 0 Å². The van der Waals surface area contributed by atoms with E-state index in [4.69, 9.17) is 9.47 Å². The molecule has 3 aromatic rings. The molecular formula is C22H19F2NO4. The number of rotatable bonds is 6. The van der Waals surface area contributed by atoms with Crippen molar-refractivity contribution in [2.24, 2.45) is 0 Å². The molecule has 150 valence electrons. The van der Waals surface area contributed by atoms with Gasteiger partial charge in [-0.3, -0.25) is 9.59 Å². The van der Waals surface area contributed by atoms with E-state index in [1.807, 2.05) is 30.3 Å². The Morgan fingerprint density at radius 1 is 1.00 bits per heavy atom. The first-order valence-corrected chi connectivity index (χ1v) is 8.87. The van der Waals surface area contributed by atoms with Crippen molar-refractivity contribution >= 4 is 28.3 Å². The number of carbonyl (C=O) groups is 2. The van der Waals surface area contributed by atoms with E-state index in [0.717, 1.165) is 28.7 Å². The van der Waals surface area contributed by atoms with Crippen LogP contribution in [0, 0.1) is 11.6 Å². The number of anilines is 1. The van der Waals surface area contributed by atoms with Gasteiger partial charge in [0.1, 0.15) is 23.1 Å². The molecule has 0 aromatic heterocycles. The molecule has 0 unspecified atom stereocenters. The number of halogens is 2. The van der Waals surface area contributed by atoms with Gasteiger partial charge in [-0.25, -0.2) is 8.78 Å². The number of hydrogen-bond acceptors (Lipinski definition) is 4. The van der Waals surface area contributed by atoms with Crippen molar-refractivity contribution in [1.82, 2.24) is 0 Å². The van der Waals surface area contributed by atoms with Crippen molar-refractivity contribution in [3.05, 3.63) is 71.8 Å². The summed E-state index contributed by atoms with van der Waals surface area (Å²) in [4.78, 5) is 24.2. The fourth-order valence-corrected chi connectivity index (χ4v) is 2.83. The molecule has 0 aliphatic heterocycles. The highest BCUT2D eigenvalue weighted by atomic mass is 19.1. The van der Waals surface area contributed by atoms with E-state index in [9.17, 15) is 18.4 Å². The quantitative estimate of drug-likeness (QED) is 0.624. The smallest absolute Gasteiger partial charge is 0.313 e. The van der Waals surface area contributed by atoms with Crippen LogP contribution >= 0.6 is 0 Å². The second-order valence-corrected chi connectivity index (χ2v) is 6.45. The lowest BCUT2D eigenvalue weighted by atomic mass is 9.98. The number of carbonyl (C=O) groups excluding carboxylic acids is 2. The second kappa shape index (κ2) is 8.68. The molecule has 0 bridgehead atoms. The van der Waals surface area contributed by atoms with E-state index < -0.39 is 41.7 Å². The molecule has 0 aliphatic rings. The van der Waals surface area contributed by atoms with Crippen molar-refractivity contribution in [2.45, 2.75) is 12.8 Å². The molecule has 0 heterocycles. The van der Waals surface area contributed by atoms with E-state index >= 15 is 0 Å². The SMILES string of the molecule is COc1ccc2cc([C@H](C)C(=O)OCC(=O)Nc3c(F)cccc3F)ccc2c1. The third-order valence-electron chi connectivity index (χ3n) is 4.50. The van der Waals surface area contributed by atoms with Crippen LogP contribution in [-0.2, 0) is 14.3 Å². The van der Waals surface area contributed by atoms with Crippen LogP contribution in [0.1, 0.15) is 18.4 Å². The van der Waals surface area contributed by atoms with Gasteiger partial charge in [0, 0.05) is 0 Å². The third kappa shape index (κ3) is 4.68. The van der Waals surface area contributed by atoms with Gasteiger partial charge in [0.05, 0.1) is 13.0 Å². The number of esters is 1. The molecular weight excluding hydrogens is 380 g/mol. The van der Waals surface area contributed by atoms with Crippen LogP contribution in [0.2, 0.25) is 0 Å². The summed E-state index contributed by atoms with van der Waals surface area (Å²) in [5.41, 5.74) is 0.139. The first-order valence-electron chi connectivity index (χ1n) is 8.87. The largest absolute Gasteiger partial charge is 0.497 e. The summed E-state index contributed by atoms with van der Waals surface area (Å²) in [6.45, 7) is 1.00. The Morgan fingerprint density at radius 2 is 1.66 bits per heavy atom. The molecule has 1 N–H and O–H groups in total. The summed E-state index contributed by atoms with van der Waals surface area (Å²) in [7, 11) is 1.59. The lowest BCUT2D eigenvalue weighted by Crippen LogP contribution is -2.24. The number of benzene rings is 3. The summed E-state index contributed by atoms with van der Waals surface area (Å²) in [6, 6.07) is 14.3. The van der Waals surface area contributed by atoms with Crippen LogP contribution in [0.3, 0.4) is 0 Å². The average molecular weight is 399 g/mol. The van der Waals surface area contributed by atoms with Gasteiger partial charge >= 0.3 is 5.97 Å². The van der Waals surface area contributed by atoms with Crippen molar-refractivity contribution in [2.75, 3.05) is 19.0 Å². The molecule has 0 saturated heterocycles. The van der Waals surface area contributed by atoms with Crippen molar-refractivity contribution < 1.29 is 27.8 Å². The van der Waals surface area contributed by atoms with E-state index in [0.29, 0.717) is 5.56 Å². The molecule has 1 atom stereocenters. The predicted molar refractivity (Wildman–Crippen MR) is 105 cm³/mol. The number of ether oxygens (including phenoxy) is 2. The molecule has 0 fully saturated rings. The zero-order valence-corrected chi connectivity index (χ0v) is 15.9. The van der Waals surface area contributed by atoms with Gasteiger partial charge < -0.3 is 14.8 Å². The Morgan fingerprint density at radius 3 is 2.34 bits per heavy atom. The highest BCUT2D eigenvalue weighted by molar-refractivity contribution is 5.93. The number of methoxy groups -OCH3 is 1. The summed E-state index contributed by atoms with van der Waals surface area (Å²) in [5.74, 6) is -3.17. The predicted octanol–water partition coefficient (Wildman–Crippen LogP) is 4.41. The van der Waals surface area contributed by atoms with Gasteiger partial charge in [0.25, 0.3) is 5.91 Å². The van der Waals surface area contributed by atoms with Gasteiger partial charge in [-0.2, -0.15) is 0 Å². The summed E-state index contributed by atoms with van der Waals surface area (Å²) >= 11 is 0. The van der Waals surface area contributed by atoms with Gasteiger partial charge in [-0.15, -0.1) is 0 Å². The van der Waals surface area contributed by atoms with E-state index in [1.54, 1.807) is 20.1 Å². The third-order valence-corrected chi connectivity index (χ3v) is 4.50. The second-order valence-electron chi connectivity index (χ2n) is 6.45. The maximum atomic E-state index is 13.6. The van der Waals surface area contributed by atoms with Crippen LogP contribution in [0.15, 0.2) is 54.6 Å². The fraction of sp³-hybridized carbons (Fsp3) is 0.182. The molecule has 1 amide bonds.